The highest BCUT2D eigenvalue weighted by Crippen LogP contribution is 2.42. The molecule has 4 amide bonds. The third-order valence-corrected chi connectivity index (χ3v) is 5.30. The molecule has 1 aromatic rings. The molecular weight excluding hydrogens is 362 g/mol. The normalized spacial score (nSPS) is 22.6. The van der Waals surface area contributed by atoms with Crippen molar-refractivity contribution < 1.29 is 23.9 Å². The number of ether oxygens (including phenoxy) is 1. The van der Waals surface area contributed by atoms with E-state index in [1.807, 2.05) is 26.0 Å². The molecule has 0 bridgehead atoms. The van der Waals surface area contributed by atoms with Crippen LogP contribution in [0.5, 0.6) is 0 Å². The third-order valence-electron chi connectivity index (χ3n) is 5.30. The van der Waals surface area contributed by atoms with Gasteiger partial charge < -0.3 is 15.4 Å². The molecule has 3 rings (SSSR count). The minimum Gasteiger partial charge on any atom is -0.451 e. The van der Waals surface area contributed by atoms with Crippen LogP contribution in [0.25, 0.3) is 0 Å². The van der Waals surface area contributed by atoms with E-state index in [2.05, 4.69) is 10.6 Å². The number of esters is 1. The molecule has 28 heavy (non-hydrogen) atoms. The van der Waals surface area contributed by atoms with Gasteiger partial charge >= 0.3 is 12.0 Å². The van der Waals surface area contributed by atoms with Gasteiger partial charge in [0, 0.05) is 5.69 Å². The van der Waals surface area contributed by atoms with E-state index >= 15 is 0 Å². The second-order valence-electron chi connectivity index (χ2n) is 7.74. The van der Waals surface area contributed by atoms with E-state index in [1.54, 1.807) is 13.0 Å². The number of anilines is 1. The Labute approximate surface area is 163 Å². The number of imide groups is 1. The number of amides is 4. The lowest BCUT2D eigenvalue weighted by atomic mass is 9.96. The number of hydrogen-bond donors (Lipinski definition) is 2. The van der Waals surface area contributed by atoms with Crippen molar-refractivity contribution in [2.75, 3.05) is 11.9 Å². The molecule has 150 valence electrons. The zero-order valence-electron chi connectivity index (χ0n) is 16.5. The van der Waals surface area contributed by atoms with E-state index in [9.17, 15) is 19.2 Å². The predicted octanol–water partition coefficient (Wildman–Crippen LogP) is 1.89. The van der Waals surface area contributed by atoms with Gasteiger partial charge in [-0.3, -0.25) is 19.3 Å². The standard InChI is InChI=1S/C20H25N3O5/c1-11-5-8-15(12(2)9-11)21-17(25)13(3)28-16(24)10-23-18(26)20(4,14-6-7-14)22-19(23)27/h5,8-9,13-14H,6-7,10H2,1-4H3,(H,21,25)(H,22,27)/t13-,20+/m0/s1. The SMILES string of the molecule is Cc1ccc(NC(=O)[C@H](C)OC(=O)CN2C(=O)N[C@](C)(C3CC3)C2=O)c(C)c1. The van der Waals surface area contributed by atoms with E-state index in [4.69, 9.17) is 4.74 Å². The maximum Gasteiger partial charge on any atom is 0.327 e. The average molecular weight is 387 g/mol. The Morgan fingerprint density at radius 1 is 1.32 bits per heavy atom. The number of rotatable bonds is 6. The van der Waals surface area contributed by atoms with Crippen LogP contribution in [-0.2, 0) is 19.1 Å². The zero-order chi connectivity index (χ0) is 20.6. The van der Waals surface area contributed by atoms with Crippen molar-refractivity contribution in [1.29, 1.82) is 0 Å². The van der Waals surface area contributed by atoms with Crippen molar-refractivity contribution in [2.45, 2.75) is 52.2 Å². The van der Waals surface area contributed by atoms with Crippen molar-refractivity contribution >= 4 is 29.5 Å². The Hall–Kier alpha value is -2.90. The van der Waals surface area contributed by atoms with Crippen molar-refractivity contribution in [1.82, 2.24) is 10.2 Å². The molecule has 1 heterocycles. The molecule has 8 nitrogen and oxygen atoms in total. The molecular formula is C20H25N3O5. The maximum absolute atomic E-state index is 12.5. The van der Waals surface area contributed by atoms with Gasteiger partial charge in [0.05, 0.1) is 0 Å². The second-order valence-corrected chi connectivity index (χ2v) is 7.74. The van der Waals surface area contributed by atoms with Crippen LogP contribution in [0, 0.1) is 19.8 Å². The molecule has 2 N–H and O–H groups in total. The van der Waals surface area contributed by atoms with Gasteiger partial charge in [-0.1, -0.05) is 17.7 Å². The third kappa shape index (κ3) is 3.85. The molecule has 0 spiro atoms. The number of nitrogens with zero attached hydrogens (tertiary/aromatic N) is 1. The molecule has 0 unspecified atom stereocenters. The summed E-state index contributed by atoms with van der Waals surface area (Å²) in [6.07, 6.45) is 0.677. The molecule has 2 aliphatic rings. The van der Waals surface area contributed by atoms with Crippen LogP contribution in [-0.4, -0.2) is 46.9 Å². The van der Waals surface area contributed by atoms with Gasteiger partial charge in [0.25, 0.3) is 11.8 Å². The summed E-state index contributed by atoms with van der Waals surface area (Å²) in [5.74, 6) is -1.62. The first-order valence-corrected chi connectivity index (χ1v) is 9.33. The van der Waals surface area contributed by atoms with E-state index in [1.165, 1.54) is 6.92 Å². The molecule has 1 aliphatic heterocycles. The molecule has 1 aliphatic carbocycles. The number of carbonyl (C=O) groups excluding carboxylic acids is 4. The number of benzene rings is 1. The first-order valence-electron chi connectivity index (χ1n) is 9.33. The van der Waals surface area contributed by atoms with Crippen LogP contribution < -0.4 is 10.6 Å². The first-order chi connectivity index (χ1) is 13.1. The van der Waals surface area contributed by atoms with Crippen molar-refractivity contribution in [3.8, 4) is 0 Å². The summed E-state index contributed by atoms with van der Waals surface area (Å²) in [6.45, 7) is 6.42. The monoisotopic (exact) mass is 387 g/mol. The minimum atomic E-state index is -1.07. The van der Waals surface area contributed by atoms with Gasteiger partial charge in [-0.25, -0.2) is 4.79 Å². The molecule has 8 heteroatoms. The highest BCUT2D eigenvalue weighted by molar-refractivity contribution is 6.09. The molecule has 0 aromatic heterocycles. The summed E-state index contributed by atoms with van der Waals surface area (Å²) in [6, 6.07) is 4.97. The topological polar surface area (TPSA) is 105 Å². The largest absolute Gasteiger partial charge is 0.451 e. The highest BCUT2D eigenvalue weighted by atomic mass is 16.5. The first kappa shape index (κ1) is 19.9. The van der Waals surface area contributed by atoms with Gasteiger partial charge in [0.15, 0.2) is 6.10 Å². The fraction of sp³-hybridized carbons (Fsp3) is 0.500. The Morgan fingerprint density at radius 2 is 2.00 bits per heavy atom. The van der Waals surface area contributed by atoms with Crippen LogP contribution in [0.1, 0.15) is 37.8 Å². The Balaban J connectivity index is 1.56. The summed E-state index contributed by atoms with van der Waals surface area (Å²) in [4.78, 5) is 50.0. The van der Waals surface area contributed by atoms with Crippen LogP contribution in [0.4, 0.5) is 10.5 Å². The molecule has 2 fully saturated rings. The fourth-order valence-electron chi connectivity index (χ4n) is 3.40. The lowest BCUT2D eigenvalue weighted by Crippen LogP contribution is -2.46. The summed E-state index contributed by atoms with van der Waals surface area (Å²) in [7, 11) is 0. The van der Waals surface area contributed by atoms with Gasteiger partial charge in [0.1, 0.15) is 12.1 Å². The molecule has 2 atom stereocenters. The lowest BCUT2D eigenvalue weighted by molar-refractivity contribution is -0.155. The van der Waals surface area contributed by atoms with Crippen molar-refractivity contribution in [3.63, 3.8) is 0 Å². The Bertz CT molecular complexity index is 848. The zero-order valence-corrected chi connectivity index (χ0v) is 16.5. The second kappa shape index (κ2) is 7.26. The summed E-state index contributed by atoms with van der Waals surface area (Å²) >= 11 is 0. The predicted molar refractivity (Wildman–Crippen MR) is 101 cm³/mol. The smallest absolute Gasteiger partial charge is 0.327 e. The minimum absolute atomic E-state index is 0.104. The Morgan fingerprint density at radius 3 is 2.61 bits per heavy atom. The lowest BCUT2D eigenvalue weighted by Gasteiger charge is -2.21. The molecule has 1 saturated heterocycles. The van der Waals surface area contributed by atoms with E-state index in [0.29, 0.717) is 5.69 Å². The molecule has 1 saturated carbocycles. The summed E-state index contributed by atoms with van der Waals surface area (Å²) < 4.78 is 5.13. The fourth-order valence-corrected chi connectivity index (χ4v) is 3.40. The van der Waals surface area contributed by atoms with Crippen LogP contribution in [0.3, 0.4) is 0 Å². The Kier molecular flexibility index (Phi) is 5.14. The highest BCUT2D eigenvalue weighted by Gasteiger charge is 2.56. The average Bonchev–Trinajstić information content (AvgIpc) is 3.43. The number of hydrogen-bond acceptors (Lipinski definition) is 5. The van der Waals surface area contributed by atoms with Gasteiger partial charge in [-0.15, -0.1) is 0 Å². The van der Waals surface area contributed by atoms with Crippen molar-refractivity contribution in [3.05, 3.63) is 29.3 Å². The van der Waals surface area contributed by atoms with E-state index in [-0.39, 0.29) is 5.92 Å². The van der Waals surface area contributed by atoms with Crippen molar-refractivity contribution in [2.24, 2.45) is 5.92 Å². The summed E-state index contributed by atoms with van der Waals surface area (Å²) in [5, 5.41) is 5.38. The van der Waals surface area contributed by atoms with Gasteiger partial charge in [-0.2, -0.15) is 0 Å². The van der Waals surface area contributed by atoms with Gasteiger partial charge in [0.2, 0.25) is 0 Å². The van der Waals surface area contributed by atoms with Crippen LogP contribution in [0.2, 0.25) is 0 Å². The number of aryl methyl sites for hydroxylation is 2. The van der Waals surface area contributed by atoms with E-state index < -0.39 is 42.0 Å². The molecule has 1 aromatic carbocycles. The maximum atomic E-state index is 12.5. The summed E-state index contributed by atoms with van der Waals surface area (Å²) in [5.41, 5.74) is 1.64. The van der Waals surface area contributed by atoms with Crippen LogP contribution >= 0.6 is 0 Å². The van der Waals surface area contributed by atoms with Crippen LogP contribution in [0.15, 0.2) is 18.2 Å². The number of nitrogens with one attached hydrogen (secondary N) is 2. The number of carbonyl (C=O) groups is 4. The van der Waals surface area contributed by atoms with Gasteiger partial charge in [-0.05, 0) is 58.1 Å². The molecule has 0 radical (unpaired) electrons. The van der Waals surface area contributed by atoms with E-state index in [0.717, 1.165) is 28.9 Å². The number of urea groups is 1. The quantitative estimate of drug-likeness (QED) is 0.573.